The quantitative estimate of drug-likeness (QED) is 0.264. The molecule has 3 rings (SSSR count). The first-order chi connectivity index (χ1) is 12.9. The molecule has 0 aliphatic carbocycles. The number of anilines is 1. The van der Waals surface area contributed by atoms with Gasteiger partial charge in [-0.3, -0.25) is 0 Å². The van der Waals surface area contributed by atoms with E-state index in [1.807, 2.05) is 38.1 Å². The first kappa shape index (κ1) is 22.0. The summed E-state index contributed by atoms with van der Waals surface area (Å²) in [5.41, 5.74) is 9.68. The molecular formula is C20H19N5S2. The van der Waals surface area contributed by atoms with Crippen LogP contribution in [0.1, 0.15) is 16.1 Å². The Hall–Kier alpha value is -3.05. The molecular weight excluding hydrogens is 374 g/mol. The zero-order chi connectivity index (χ0) is 20.2. The largest absolute Gasteiger partial charge is 0.398 e. The van der Waals surface area contributed by atoms with Gasteiger partial charge in [0, 0.05) is 10.6 Å². The van der Waals surface area contributed by atoms with Crippen molar-refractivity contribution < 1.29 is 0 Å². The van der Waals surface area contributed by atoms with Crippen LogP contribution in [0.25, 0.3) is 15.1 Å². The molecule has 0 amide bonds. The lowest BCUT2D eigenvalue weighted by Gasteiger charge is -1.97. The molecule has 2 aromatic carbocycles. The maximum absolute atomic E-state index is 8.52. The fourth-order valence-electron chi connectivity index (χ4n) is 1.94. The molecule has 5 nitrogen and oxygen atoms in total. The van der Waals surface area contributed by atoms with Crippen LogP contribution < -0.4 is 5.73 Å². The Labute approximate surface area is 168 Å². The standard InChI is InChI=1S/C10H8N2S.C7H9NS.C3H2N2/c1-7-2-3-9-8(6-7)12-10(13-9)4-5-11;1-5-2-3-7(9)6(8)4-5;1-5-3-2-4/h2-3,6H,4H2,1H3;2-4,9H,8H2,1H3;3H2. The van der Waals surface area contributed by atoms with E-state index >= 15 is 0 Å². The minimum atomic E-state index is -0.0139. The lowest BCUT2D eigenvalue weighted by molar-refractivity contribution is 1.21. The van der Waals surface area contributed by atoms with E-state index in [0.29, 0.717) is 6.42 Å². The molecule has 0 spiro atoms. The zero-order valence-corrected chi connectivity index (χ0v) is 16.8. The molecule has 0 unspecified atom stereocenters. The number of nitrogens with zero attached hydrogens (tertiary/aromatic N) is 4. The van der Waals surface area contributed by atoms with E-state index in [9.17, 15) is 0 Å². The van der Waals surface area contributed by atoms with Gasteiger partial charge in [0.25, 0.3) is 6.54 Å². The van der Waals surface area contributed by atoms with Crippen LogP contribution >= 0.6 is 24.0 Å². The highest BCUT2D eigenvalue weighted by Crippen LogP contribution is 2.22. The average Bonchev–Trinajstić information content (AvgIpc) is 3.02. The van der Waals surface area contributed by atoms with Gasteiger partial charge < -0.3 is 10.6 Å². The first-order valence-electron chi connectivity index (χ1n) is 7.89. The number of fused-ring (bicyclic) bond motifs is 1. The molecule has 27 heavy (non-hydrogen) atoms. The smallest absolute Gasteiger partial charge is 0.298 e. The summed E-state index contributed by atoms with van der Waals surface area (Å²) >= 11 is 5.72. The van der Waals surface area contributed by atoms with Gasteiger partial charge in [0.2, 0.25) is 0 Å². The first-order valence-corrected chi connectivity index (χ1v) is 9.16. The molecule has 1 heterocycles. The van der Waals surface area contributed by atoms with E-state index in [1.54, 1.807) is 17.4 Å². The summed E-state index contributed by atoms with van der Waals surface area (Å²) in [5, 5.41) is 17.0. The van der Waals surface area contributed by atoms with Gasteiger partial charge >= 0.3 is 0 Å². The number of aromatic nitrogens is 1. The summed E-state index contributed by atoms with van der Waals surface area (Å²) in [6, 6.07) is 15.7. The van der Waals surface area contributed by atoms with Crippen LogP contribution in [-0.2, 0) is 6.42 Å². The summed E-state index contributed by atoms with van der Waals surface area (Å²) in [5.74, 6) is 0. The lowest BCUT2D eigenvalue weighted by atomic mass is 10.2. The number of nitrogens with two attached hydrogens (primary N) is 1. The highest BCUT2D eigenvalue weighted by atomic mass is 32.1. The van der Waals surface area contributed by atoms with Crippen molar-refractivity contribution in [2.24, 2.45) is 0 Å². The minimum absolute atomic E-state index is 0.0139. The van der Waals surface area contributed by atoms with Gasteiger partial charge in [-0.1, -0.05) is 12.1 Å². The van der Waals surface area contributed by atoms with Crippen molar-refractivity contribution in [3.05, 3.63) is 63.9 Å². The molecule has 0 fully saturated rings. The van der Waals surface area contributed by atoms with Crippen molar-refractivity contribution in [3.8, 4) is 12.1 Å². The van der Waals surface area contributed by atoms with E-state index in [2.05, 4.69) is 40.7 Å². The number of thiazole rings is 1. The predicted molar refractivity (Wildman–Crippen MR) is 114 cm³/mol. The molecule has 136 valence electrons. The second-order valence-electron chi connectivity index (χ2n) is 5.45. The summed E-state index contributed by atoms with van der Waals surface area (Å²) in [6.07, 6.45) is 0.415. The number of hydrogen-bond acceptors (Lipinski definition) is 6. The number of nitriles is 2. The number of hydrogen-bond donors (Lipinski definition) is 2. The number of nitrogen functional groups attached to an aromatic ring is 1. The van der Waals surface area contributed by atoms with Crippen molar-refractivity contribution in [2.45, 2.75) is 25.2 Å². The second kappa shape index (κ2) is 11.5. The molecule has 2 N–H and O–H groups in total. The fourth-order valence-corrected chi connectivity index (χ4v) is 2.96. The van der Waals surface area contributed by atoms with E-state index < -0.39 is 0 Å². The molecule has 1 aromatic heterocycles. The topological polar surface area (TPSA) is 90.8 Å². The molecule has 0 aliphatic heterocycles. The SMILES string of the molecule is Cc1ccc(S)c(N)c1.Cc1ccc2sc(CC#N)nc2c1.[C-]#[N+]CC#N. The van der Waals surface area contributed by atoms with Crippen LogP contribution in [0, 0.1) is 43.1 Å². The summed E-state index contributed by atoms with van der Waals surface area (Å²) in [6.45, 7) is 10.0. The number of aryl methyl sites for hydroxylation is 2. The van der Waals surface area contributed by atoms with Crippen LogP contribution in [-0.4, -0.2) is 11.5 Å². The Balaban J connectivity index is 0.000000227. The number of rotatable bonds is 1. The van der Waals surface area contributed by atoms with E-state index in [4.69, 9.17) is 22.8 Å². The van der Waals surface area contributed by atoms with Crippen molar-refractivity contribution in [3.63, 3.8) is 0 Å². The van der Waals surface area contributed by atoms with Gasteiger partial charge in [-0.25, -0.2) is 11.6 Å². The molecule has 0 aliphatic rings. The highest BCUT2D eigenvalue weighted by Gasteiger charge is 2.02. The van der Waals surface area contributed by atoms with Crippen molar-refractivity contribution >= 4 is 39.9 Å². The van der Waals surface area contributed by atoms with Gasteiger partial charge in [0.1, 0.15) is 11.1 Å². The Morgan fingerprint density at radius 2 is 1.81 bits per heavy atom. The Morgan fingerprint density at radius 3 is 2.33 bits per heavy atom. The van der Waals surface area contributed by atoms with Crippen LogP contribution in [0.4, 0.5) is 5.69 Å². The normalized spacial score (nSPS) is 8.89. The average molecular weight is 394 g/mol. The molecule has 3 aromatic rings. The molecule has 0 saturated carbocycles. The van der Waals surface area contributed by atoms with Crippen molar-refractivity contribution in [1.29, 1.82) is 10.5 Å². The summed E-state index contributed by atoms with van der Waals surface area (Å²) in [7, 11) is 0. The van der Waals surface area contributed by atoms with E-state index in [1.165, 1.54) is 11.1 Å². The van der Waals surface area contributed by atoms with Gasteiger partial charge in [0.15, 0.2) is 0 Å². The minimum Gasteiger partial charge on any atom is -0.398 e. The Kier molecular flexibility index (Phi) is 9.40. The fraction of sp³-hybridized carbons (Fsp3) is 0.200. The summed E-state index contributed by atoms with van der Waals surface area (Å²) in [4.78, 5) is 7.95. The summed E-state index contributed by atoms with van der Waals surface area (Å²) < 4.78 is 1.16. The maximum atomic E-state index is 8.52. The van der Waals surface area contributed by atoms with Crippen LogP contribution in [0.5, 0.6) is 0 Å². The lowest BCUT2D eigenvalue weighted by Crippen LogP contribution is -1.86. The van der Waals surface area contributed by atoms with Gasteiger partial charge in [-0.05, 0) is 49.2 Å². The third-order valence-corrected chi connectivity index (χ3v) is 4.59. The molecule has 0 atom stereocenters. The monoisotopic (exact) mass is 393 g/mol. The molecule has 0 bridgehead atoms. The number of thiol groups is 1. The molecule has 0 radical (unpaired) electrons. The van der Waals surface area contributed by atoms with Crippen LogP contribution in [0.3, 0.4) is 0 Å². The predicted octanol–water partition coefficient (Wildman–Crippen LogP) is 4.97. The third-order valence-electron chi connectivity index (χ3n) is 3.15. The van der Waals surface area contributed by atoms with Crippen LogP contribution in [0.15, 0.2) is 41.3 Å². The number of benzene rings is 2. The van der Waals surface area contributed by atoms with Gasteiger partial charge in [-0.2, -0.15) is 10.5 Å². The maximum Gasteiger partial charge on any atom is 0.298 e. The van der Waals surface area contributed by atoms with Crippen molar-refractivity contribution in [1.82, 2.24) is 4.98 Å². The zero-order valence-electron chi connectivity index (χ0n) is 15.1. The molecule has 0 saturated heterocycles. The Bertz CT molecular complexity index is 1010. The van der Waals surface area contributed by atoms with E-state index in [-0.39, 0.29) is 6.54 Å². The van der Waals surface area contributed by atoms with Crippen molar-refractivity contribution in [2.75, 3.05) is 12.3 Å². The van der Waals surface area contributed by atoms with E-state index in [0.717, 1.165) is 25.8 Å². The van der Waals surface area contributed by atoms with Crippen LogP contribution in [0.2, 0.25) is 0 Å². The molecule has 7 heteroatoms. The van der Waals surface area contributed by atoms with Gasteiger partial charge in [-0.15, -0.1) is 24.0 Å². The highest BCUT2D eigenvalue weighted by molar-refractivity contribution is 7.80. The van der Waals surface area contributed by atoms with Gasteiger partial charge in [0.05, 0.1) is 22.7 Å². The Morgan fingerprint density at radius 1 is 1.15 bits per heavy atom. The second-order valence-corrected chi connectivity index (χ2v) is 7.05. The third kappa shape index (κ3) is 7.79.